The molecule has 138 valence electrons. The van der Waals surface area contributed by atoms with E-state index in [9.17, 15) is 9.18 Å². The highest BCUT2D eigenvalue weighted by Gasteiger charge is 2.13. The summed E-state index contributed by atoms with van der Waals surface area (Å²) in [6, 6.07) is 11.2. The van der Waals surface area contributed by atoms with E-state index >= 15 is 0 Å². The lowest BCUT2D eigenvalue weighted by Crippen LogP contribution is -2.23. The molecule has 2 heterocycles. The molecule has 1 amide bonds. The summed E-state index contributed by atoms with van der Waals surface area (Å²) in [5.74, 6) is 0.452. The highest BCUT2D eigenvalue weighted by atomic mass is 19.1. The minimum Gasteiger partial charge on any atom is -0.359 e. The van der Waals surface area contributed by atoms with Gasteiger partial charge in [0.25, 0.3) is 5.91 Å². The van der Waals surface area contributed by atoms with E-state index in [-0.39, 0.29) is 17.4 Å². The Morgan fingerprint density at radius 1 is 1.11 bits per heavy atom. The van der Waals surface area contributed by atoms with Crippen molar-refractivity contribution in [3.05, 3.63) is 77.8 Å². The minimum absolute atomic E-state index is 0.262. The van der Waals surface area contributed by atoms with E-state index in [2.05, 4.69) is 20.3 Å². The van der Waals surface area contributed by atoms with Gasteiger partial charge in [0, 0.05) is 37.7 Å². The van der Waals surface area contributed by atoms with Crippen molar-refractivity contribution < 1.29 is 9.18 Å². The summed E-state index contributed by atoms with van der Waals surface area (Å²) in [6.45, 7) is 2.48. The van der Waals surface area contributed by atoms with E-state index in [1.54, 1.807) is 25.4 Å². The Labute approximate surface area is 157 Å². The van der Waals surface area contributed by atoms with Crippen LogP contribution in [0.1, 0.15) is 21.9 Å². The van der Waals surface area contributed by atoms with Gasteiger partial charge in [-0.1, -0.05) is 0 Å². The van der Waals surface area contributed by atoms with Crippen LogP contribution < -0.4 is 10.2 Å². The van der Waals surface area contributed by atoms with Crippen LogP contribution in [0.2, 0.25) is 0 Å². The quantitative estimate of drug-likeness (QED) is 0.726. The van der Waals surface area contributed by atoms with Crippen molar-refractivity contribution in [2.75, 3.05) is 23.8 Å². The van der Waals surface area contributed by atoms with Gasteiger partial charge in [0.1, 0.15) is 23.2 Å². The molecule has 0 aliphatic heterocycles. The van der Waals surface area contributed by atoms with Crippen LogP contribution in [0.25, 0.3) is 0 Å². The summed E-state index contributed by atoms with van der Waals surface area (Å²) in [5, 5.41) is 2.72. The fourth-order valence-corrected chi connectivity index (χ4v) is 2.55. The molecule has 0 aliphatic carbocycles. The predicted molar refractivity (Wildman–Crippen MR) is 102 cm³/mol. The molecule has 0 aliphatic rings. The van der Waals surface area contributed by atoms with E-state index < -0.39 is 0 Å². The Bertz CT molecular complexity index is 915. The number of rotatable bonds is 6. The fraction of sp³-hybridized carbons (Fsp3) is 0.200. The van der Waals surface area contributed by atoms with E-state index in [4.69, 9.17) is 0 Å². The lowest BCUT2D eigenvalue weighted by Gasteiger charge is -2.19. The maximum atomic E-state index is 13.0. The normalized spacial score (nSPS) is 10.5. The highest BCUT2D eigenvalue weighted by Crippen LogP contribution is 2.15. The molecule has 0 bridgehead atoms. The average Bonchev–Trinajstić information content (AvgIpc) is 2.68. The molecular weight excluding hydrogens is 345 g/mol. The molecule has 3 rings (SSSR count). The Morgan fingerprint density at radius 2 is 1.81 bits per heavy atom. The number of aromatic nitrogens is 3. The Morgan fingerprint density at radius 3 is 2.52 bits per heavy atom. The number of benzene rings is 1. The fourth-order valence-electron chi connectivity index (χ4n) is 2.55. The molecule has 27 heavy (non-hydrogen) atoms. The van der Waals surface area contributed by atoms with Gasteiger partial charge >= 0.3 is 0 Å². The number of hydrogen-bond acceptors (Lipinski definition) is 5. The number of halogens is 1. The molecule has 0 unspecified atom stereocenters. The van der Waals surface area contributed by atoms with Crippen molar-refractivity contribution in [2.45, 2.75) is 13.3 Å². The average molecular weight is 365 g/mol. The molecule has 3 aromatic rings. The SMILES string of the molecule is Cc1nc(C(=O)Nc2ccc(F)cc2)cc(N(C)CCc2ccncc2)n1. The molecule has 0 radical (unpaired) electrons. The van der Waals surface area contributed by atoms with Gasteiger partial charge in [0.15, 0.2) is 0 Å². The van der Waals surface area contributed by atoms with Crippen LogP contribution in [0.15, 0.2) is 54.9 Å². The lowest BCUT2D eigenvalue weighted by atomic mass is 10.2. The van der Waals surface area contributed by atoms with Gasteiger partial charge in [0.2, 0.25) is 0 Å². The molecule has 1 N–H and O–H groups in total. The zero-order valence-corrected chi connectivity index (χ0v) is 15.2. The summed E-state index contributed by atoms with van der Waals surface area (Å²) < 4.78 is 13.0. The van der Waals surface area contributed by atoms with Crippen LogP contribution in [0.4, 0.5) is 15.9 Å². The number of hydrogen-bond donors (Lipinski definition) is 1. The first-order valence-corrected chi connectivity index (χ1v) is 8.54. The number of carbonyl (C=O) groups excluding carboxylic acids is 1. The van der Waals surface area contributed by atoms with Crippen LogP contribution in [-0.4, -0.2) is 34.5 Å². The second-order valence-electron chi connectivity index (χ2n) is 6.15. The zero-order chi connectivity index (χ0) is 19.2. The number of nitrogens with zero attached hydrogens (tertiary/aromatic N) is 4. The van der Waals surface area contributed by atoms with Gasteiger partial charge < -0.3 is 10.2 Å². The van der Waals surface area contributed by atoms with Gasteiger partial charge in [-0.2, -0.15) is 0 Å². The predicted octanol–water partition coefficient (Wildman–Crippen LogP) is 3.25. The number of nitrogens with one attached hydrogen (secondary N) is 1. The summed E-state index contributed by atoms with van der Waals surface area (Å²) in [7, 11) is 1.92. The first-order chi connectivity index (χ1) is 13.0. The van der Waals surface area contributed by atoms with Crippen molar-refractivity contribution in [3.63, 3.8) is 0 Å². The smallest absolute Gasteiger partial charge is 0.274 e. The van der Waals surface area contributed by atoms with Crippen molar-refractivity contribution in [1.82, 2.24) is 15.0 Å². The van der Waals surface area contributed by atoms with Gasteiger partial charge in [0.05, 0.1) is 0 Å². The first-order valence-electron chi connectivity index (χ1n) is 8.54. The second-order valence-corrected chi connectivity index (χ2v) is 6.15. The first kappa shape index (κ1) is 18.4. The van der Waals surface area contributed by atoms with Crippen LogP contribution in [-0.2, 0) is 6.42 Å². The molecule has 6 nitrogen and oxygen atoms in total. The summed E-state index contributed by atoms with van der Waals surface area (Å²) >= 11 is 0. The molecule has 7 heteroatoms. The maximum Gasteiger partial charge on any atom is 0.274 e. The number of aryl methyl sites for hydroxylation is 1. The molecule has 0 spiro atoms. The standard InChI is InChI=1S/C20H20FN5O/c1-14-23-18(20(27)25-17-5-3-16(21)4-6-17)13-19(24-14)26(2)12-9-15-7-10-22-11-8-15/h3-8,10-11,13H,9,12H2,1-2H3,(H,25,27). The molecule has 0 fully saturated rings. The summed E-state index contributed by atoms with van der Waals surface area (Å²) in [5.41, 5.74) is 1.94. The summed E-state index contributed by atoms with van der Waals surface area (Å²) in [6.07, 6.45) is 4.36. The van der Waals surface area contributed by atoms with E-state index in [0.29, 0.717) is 17.3 Å². The van der Waals surface area contributed by atoms with E-state index in [1.165, 1.54) is 29.8 Å². The molecule has 1 aromatic carbocycles. The number of carbonyl (C=O) groups is 1. The molecule has 0 saturated carbocycles. The third-order valence-electron chi connectivity index (χ3n) is 4.04. The molecular formula is C20H20FN5O. The van der Waals surface area contributed by atoms with Crippen LogP contribution in [0, 0.1) is 12.7 Å². The molecule has 2 aromatic heterocycles. The minimum atomic E-state index is -0.365. The molecule has 0 saturated heterocycles. The highest BCUT2D eigenvalue weighted by molar-refractivity contribution is 6.03. The zero-order valence-electron chi connectivity index (χ0n) is 15.2. The van der Waals surface area contributed by atoms with Crippen molar-refractivity contribution in [1.29, 1.82) is 0 Å². The van der Waals surface area contributed by atoms with Crippen molar-refractivity contribution in [3.8, 4) is 0 Å². The third-order valence-corrected chi connectivity index (χ3v) is 4.04. The van der Waals surface area contributed by atoms with Gasteiger partial charge in [-0.3, -0.25) is 9.78 Å². The van der Waals surface area contributed by atoms with Crippen LogP contribution >= 0.6 is 0 Å². The number of pyridine rings is 1. The van der Waals surface area contributed by atoms with E-state index in [0.717, 1.165) is 13.0 Å². The number of likely N-dealkylation sites (N-methyl/N-ethyl adjacent to an activating group) is 1. The third kappa shape index (κ3) is 5.07. The molecule has 0 atom stereocenters. The number of amides is 1. The Hall–Kier alpha value is -3.35. The monoisotopic (exact) mass is 365 g/mol. The van der Waals surface area contributed by atoms with E-state index in [1.807, 2.05) is 24.1 Å². The van der Waals surface area contributed by atoms with Crippen LogP contribution in [0.5, 0.6) is 0 Å². The Kier molecular flexibility index (Phi) is 5.71. The second kappa shape index (κ2) is 8.35. The summed E-state index contributed by atoms with van der Waals surface area (Å²) in [4.78, 5) is 27.1. The Balaban J connectivity index is 1.71. The number of anilines is 2. The topological polar surface area (TPSA) is 71.0 Å². The van der Waals surface area contributed by atoms with Gasteiger partial charge in [-0.15, -0.1) is 0 Å². The lowest BCUT2D eigenvalue weighted by molar-refractivity contribution is 0.102. The van der Waals surface area contributed by atoms with Gasteiger partial charge in [-0.05, 0) is 55.3 Å². The van der Waals surface area contributed by atoms with Crippen molar-refractivity contribution >= 4 is 17.4 Å². The van der Waals surface area contributed by atoms with Gasteiger partial charge in [-0.25, -0.2) is 14.4 Å². The maximum absolute atomic E-state index is 13.0. The van der Waals surface area contributed by atoms with Crippen molar-refractivity contribution in [2.24, 2.45) is 0 Å². The largest absolute Gasteiger partial charge is 0.359 e. The van der Waals surface area contributed by atoms with Crippen LogP contribution in [0.3, 0.4) is 0 Å².